The van der Waals surface area contributed by atoms with E-state index in [1.54, 1.807) is 12.1 Å². The van der Waals surface area contributed by atoms with Gasteiger partial charge < -0.3 is 16.8 Å². The van der Waals surface area contributed by atoms with Gasteiger partial charge in [0.1, 0.15) is 5.82 Å². The van der Waals surface area contributed by atoms with Gasteiger partial charge >= 0.3 is 0 Å². The number of nitrogens with two attached hydrogens (primary N) is 2. The molecule has 1 aromatic heterocycles. The Kier molecular flexibility index (Phi) is 3.46. The lowest BCUT2D eigenvalue weighted by molar-refractivity contribution is 1.15. The molecule has 1 heterocycles. The number of hydrogen-bond acceptors (Lipinski definition) is 6. The molecule has 0 amide bonds. The highest BCUT2D eigenvalue weighted by Gasteiger charge is 2.04. The fraction of sp³-hybridized carbons (Fsp3) is 0.0625. The van der Waals surface area contributed by atoms with E-state index in [1.165, 1.54) is 0 Å². The van der Waals surface area contributed by atoms with E-state index >= 15 is 0 Å². The number of nitrogen functional groups attached to an aromatic ring is 2. The largest absolute Gasteiger partial charge is 0.383 e. The summed E-state index contributed by atoms with van der Waals surface area (Å²) in [5.74, 6) is 0.535. The summed E-state index contributed by atoms with van der Waals surface area (Å²) < 4.78 is 0. The van der Waals surface area contributed by atoms with Crippen molar-refractivity contribution in [2.24, 2.45) is 0 Å². The second kappa shape index (κ2) is 5.58. The number of nitrogens with one attached hydrogen (secondary N) is 1. The summed E-state index contributed by atoms with van der Waals surface area (Å²) in [7, 11) is 0. The van der Waals surface area contributed by atoms with Crippen molar-refractivity contribution in [3.63, 3.8) is 0 Å². The molecule has 0 spiro atoms. The first-order chi connectivity index (χ1) is 10.7. The highest BCUT2D eigenvalue weighted by atomic mass is 15.0. The topological polar surface area (TPSA) is 114 Å². The Hall–Kier alpha value is -3.33. The van der Waals surface area contributed by atoms with Crippen LogP contribution in [0.2, 0.25) is 0 Å². The van der Waals surface area contributed by atoms with Gasteiger partial charge in [0.25, 0.3) is 0 Å². The third kappa shape index (κ3) is 2.74. The minimum Gasteiger partial charge on any atom is -0.383 e. The number of fused-ring (bicyclic) bond motifs is 1. The van der Waals surface area contributed by atoms with Gasteiger partial charge in [0.15, 0.2) is 0 Å². The minimum atomic E-state index is 0.170. The maximum Gasteiger partial charge on any atom is 0.222 e. The number of nitrogens with zero attached hydrogens (tertiary/aromatic N) is 3. The molecule has 3 rings (SSSR count). The van der Waals surface area contributed by atoms with E-state index in [0.29, 0.717) is 23.4 Å². The molecule has 0 radical (unpaired) electrons. The van der Waals surface area contributed by atoms with Crippen LogP contribution in [0.15, 0.2) is 42.5 Å². The van der Waals surface area contributed by atoms with E-state index in [0.717, 1.165) is 16.6 Å². The lowest BCUT2D eigenvalue weighted by atomic mass is 10.1. The van der Waals surface area contributed by atoms with Crippen LogP contribution in [-0.4, -0.2) is 9.97 Å². The van der Waals surface area contributed by atoms with Gasteiger partial charge in [-0.25, -0.2) is 4.98 Å². The van der Waals surface area contributed by atoms with Gasteiger partial charge in [-0.15, -0.1) is 0 Å². The molecule has 0 aliphatic carbocycles. The fourth-order valence-electron chi connectivity index (χ4n) is 2.18. The minimum absolute atomic E-state index is 0.170. The Morgan fingerprint density at radius 3 is 2.55 bits per heavy atom. The maximum atomic E-state index is 8.78. The molecule has 3 aromatic rings. The van der Waals surface area contributed by atoms with Gasteiger partial charge in [0.05, 0.1) is 17.1 Å². The summed E-state index contributed by atoms with van der Waals surface area (Å²) >= 11 is 0. The molecule has 22 heavy (non-hydrogen) atoms. The summed E-state index contributed by atoms with van der Waals surface area (Å²) in [6.07, 6.45) is 0. The molecule has 0 aliphatic heterocycles. The fourth-order valence-corrected chi connectivity index (χ4v) is 2.18. The molecular formula is C16H14N6. The van der Waals surface area contributed by atoms with Crippen molar-refractivity contribution in [2.45, 2.75) is 6.54 Å². The number of rotatable bonds is 3. The average Bonchev–Trinajstić information content (AvgIpc) is 2.53. The van der Waals surface area contributed by atoms with E-state index < -0.39 is 0 Å². The number of hydrogen-bond donors (Lipinski definition) is 3. The van der Waals surface area contributed by atoms with Crippen molar-refractivity contribution < 1.29 is 0 Å². The standard InChI is InChI=1S/C16H14N6/c17-8-10-1-3-11(4-2-10)9-20-12-5-6-14-13(7-12)15(18)22-16(19)21-14/h1-7,20H,9H2,(H4,18,19,21,22). The van der Waals surface area contributed by atoms with Gasteiger partial charge in [-0.05, 0) is 35.9 Å². The van der Waals surface area contributed by atoms with Crippen molar-refractivity contribution in [2.75, 3.05) is 16.8 Å². The summed E-state index contributed by atoms with van der Waals surface area (Å²) in [6.45, 7) is 0.646. The van der Waals surface area contributed by atoms with Crippen LogP contribution in [0.4, 0.5) is 17.5 Å². The van der Waals surface area contributed by atoms with Gasteiger partial charge in [-0.3, -0.25) is 0 Å². The second-order valence-electron chi connectivity index (χ2n) is 4.86. The SMILES string of the molecule is N#Cc1ccc(CNc2ccc3nc(N)nc(N)c3c2)cc1. The molecule has 108 valence electrons. The summed E-state index contributed by atoms with van der Waals surface area (Å²) in [4.78, 5) is 8.11. The van der Waals surface area contributed by atoms with Gasteiger partial charge in [-0.1, -0.05) is 12.1 Å². The number of benzene rings is 2. The molecule has 0 fully saturated rings. The second-order valence-corrected chi connectivity index (χ2v) is 4.86. The molecule has 0 saturated carbocycles. The van der Waals surface area contributed by atoms with Crippen LogP contribution in [-0.2, 0) is 6.54 Å². The van der Waals surface area contributed by atoms with Crippen LogP contribution in [0.5, 0.6) is 0 Å². The van der Waals surface area contributed by atoms with Gasteiger partial charge in [0.2, 0.25) is 5.95 Å². The Labute approximate surface area is 127 Å². The molecule has 5 N–H and O–H groups in total. The van der Waals surface area contributed by atoms with Crippen LogP contribution in [0.3, 0.4) is 0 Å². The molecule has 0 saturated heterocycles. The highest BCUT2D eigenvalue weighted by Crippen LogP contribution is 2.23. The maximum absolute atomic E-state index is 8.78. The number of anilines is 3. The van der Waals surface area contributed by atoms with E-state index in [4.69, 9.17) is 16.7 Å². The summed E-state index contributed by atoms with van der Waals surface area (Å²) in [5, 5.41) is 12.9. The zero-order valence-corrected chi connectivity index (χ0v) is 11.7. The lowest BCUT2D eigenvalue weighted by Gasteiger charge is -2.09. The van der Waals surface area contributed by atoms with Crippen LogP contribution in [0.1, 0.15) is 11.1 Å². The number of aromatic nitrogens is 2. The first-order valence-electron chi connectivity index (χ1n) is 6.71. The zero-order valence-electron chi connectivity index (χ0n) is 11.7. The van der Waals surface area contributed by atoms with Crippen molar-refractivity contribution in [3.8, 4) is 6.07 Å². The monoisotopic (exact) mass is 290 g/mol. The normalized spacial score (nSPS) is 10.3. The quantitative estimate of drug-likeness (QED) is 0.682. The third-order valence-corrected chi connectivity index (χ3v) is 3.32. The van der Waals surface area contributed by atoms with Crippen LogP contribution < -0.4 is 16.8 Å². The smallest absolute Gasteiger partial charge is 0.222 e. The van der Waals surface area contributed by atoms with E-state index in [2.05, 4.69) is 21.4 Å². The van der Waals surface area contributed by atoms with Crippen LogP contribution >= 0.6 is 0 Å². The molecule has 0 bridgehead atoms. The molecular weight excluding hydrogens is 276 g/mol. The molecule has 6 heteroatoms. The van der Waals surface area contributed by atoms with E-state index in [9.17, 15) is 0 Å². The first kappa shape index (κ1) is 13.6. The van der Waals surface area contributed by atoms with Gasteiger partial charge in [-0.2, -0.15) is 10.2 Å². The van der Waals surface area contributed by atoms with Crippen LogP contribution in [0, 0.1) is 11.3 Å². The Balaban J connectivity index is 1.80. The van der Waals surface area contributed by atoms with E-state index in [1.807, 2.05) is 30.3 Å². The van der Waals surface area contributed by atoms with E-state index in [-0.39, 0.29) is 5.95 Å². The third-order valence-electron chi connectivity index (χ3n) is 3.32. The Morgan fingerprint density at radius 1 is 1.05 bits per heavy atom. The molecule has 6 nitrogen and oxygen atoms in total. The van der Waals surface area contributed by atoms with Crippen molar-refractivity contribution in [1.29, 1.82) is 5.26 Å². The average molecular weight is 290 g/mol. The molecule has 0 aliphatic rings. The predicted molar refractivity (Wildman–Crippen MR) is 86.8 cm³/mol. The highest BCUT2D eigenvalue weighted by molar-refractivity contribution is 5.91. The first-order valence-corrected chi connectivity index (χ1v) is 6.71. The zero-order chi connectivity index (χ0) is 15.5. The van der Waals surface area contributed by atoms with Gasteiger partial charge in [0, 0.05) is 17.6 Å². The number of nitriles is 1. The molecule has 0 unspecified atom stereocenters. The predicted octanol–water partition coefficient (Wildman–Crippen LogP) is 2.28. The lowest BCUT2D eigenvalue weighted by Crippen LogP contribution is -2.02. The Bertz CT molecular complexity index is 864. The summed E-state index contributed by atoms with van der Waals surface area (Å²) in [5.41, 5.74) is 14.8. The molecule has 0 atom stereocenters. The molecule has 2 aromatic carbocycles. The van der Waals surface area contributed by atoms with Crippen molar-refractivity contribution in [3.05, 3.63) is 53.6 Å². The van der Waals surface area contributed by atoms with Crippen molar-refractivity contribution >= 4 is 28.4 Å². The Morgan fingerprint density at radius 2 is 1.82 bits per heavy atom. The summed E-state index contributed by atoms with van der Waals surface area (Å²) in [6, 6.07) is 15.2. The van der Waals surface area contributed by atoms with Crippen LogP contribution in [0.25, 0.3) is 10.9 Å². The van der Waals surface area contributed by atoms with Crippen molar-refractivity contribution in [1.82, 2.24) is 9.97 Å².